The van der Waals surface area contributed by atoms with Gasteiger partial charge in [0.25, 0.3) is 5.91 Å². The summed E-state index contributed by atoms with van der Waals surface area (Å²) in [7, 11) is 2.19. The summed E-state index contributed by atoms with van der Waals surface area (Å²) in [4.78, 5) is 26.7. The number of aromatic nitrogens is 2. The fourth-order valence-corrected chi connectivity index (χ4v) is 9.26. The van der Waals surface area contributed by atoms with Gasteiger partial charge in [-0.1, -0.05) is 54.6 Å². The number of fused-ring (bicyclic) bond motifs is 12. The molecular formula is C35H30N6OS. The molecule has 9 rings (SSSR count). The number of H-pyrrole nitrogens is 2. The molecular weight excluding hydrogens is 552 g/mol. The largest absolute Gasteiger partial charge is 0.357 e. The van der Waals surface area contributed by atoms with Gasteiger partial charge in [0.05, 0.1) is 23.0 Å². The lowest BCUT2D eigenvalue weighted by Gasteiger charge is -2.58. The Balaban J connectivity index is 1.16. The van der Waals surface area contributed by atoms with Crippen LogP contribution in [0.4, 0.5) is 0 Å². The predicted molar refractivity (Wildman–Crippen MR) is 170 cm³/mol. The van der Waals surface area contributed by atoms with Crippen LogP contribution in [0.5, 0.6) is 0 Å². The Morgan fingerprint density at radius 2 is 1.58 bits per heavy atom. The smallest absolute Gasteiger partial charge is 0.261 e. The van der Waals surface area contributed by atoms with E-state index in [0.29, 0.717) is 11.4 Å². The van der Waals surface area contributed by atoms with Crippen LogP contribution < -0.4 is 5.32 Å². The molecule has 1 amide bonds. The van der Waals surface area contributed by atoms with Crippen molar-refractivity contribution < 1.29 is 4.79 Å². The molecule has 0 spiro atoms. The van der Waals surface area contributed by atoms with Crippen molar-refractivity contribution in [2.75, 3.05) is 13.6 Å². The fourth-order valence-electron chi connectivity index (χ4n) is 8.28. The zero-order valence-electron chi connectivity index (χ0n) is 23.7. The molecule has 3 aliphatic heterocycles. The molecule has 7 nitrogen and oxygen atoms in total. The van der Waals surface area contributed by atoms with E-state index in [0.717, 1.165) is 39.7 Å². The topological polar surface area (TPSA) is 90.9 Å². The summed E-state index contributed by atoms with van der Waals surface area (Å²) < 4.78 is 1.11. The number of nitrogens with one attached hydrogen (secondary N) is 3. The van der Waals surface area contributed by atoms with Gasteiger partial charge in [0.1, 0.15) is 6.04 Å². The van der Waals surface area contributed by atoms with Crippen molar-refractivity contribution in [3.05, 3.63) is 106 Å². The molecule has 0 aliphatic carbocycles. The van der Waals surface area contributed by atoms with Crippen molar-refractivity contribution in [1.82, 2.24) is 25.1 Å². The third-order valence-corrected chi connectivity index (χ3v) is 11.3. The molecule has 8 heteroatoms. The lowest BCUT2D eigenvalue weighted by molar-refractivity contribution is -0.0722. The standard InChI is InChI=1S/C35H30N6OS/c1-40-26-15-23-21-10-4-6-12-25(21)39-33(23)34(40)27-16-22-20-9-3-5-11-24(20)38-32(22)29(41(27)28(26)17-36)18-37-35(42)31-14-19-8-2-7-13-30(19)43-31/h2-14,26-29,34,38-39H,15-16,18H2,1H3,(H,37,42)/t26-,27-,28-,29-,34-/m0/s1. The summed E-state index contributed by atoms with van der Waals surface area (Å²) >= 11 is 1.52. The van der Waals surface area contributed by atoms with Gasteiger partial charge in [0, 0.05) is 56.5 Å². The molecule has 3 aromatic heterocycles. The lowest BCUT2D eigenvalue weighted by atomic mass is 9.75. The van der Waals surface area contributed by atoms with Crippen molar-refractivity contribution >= 4 is 49.1 Å². The highest BCUT2D eigenvalue weighted by Crippen LogP contribution is 2.51. The third-order valence-electron chi connectivity index (χ3n) is 10.1. The maximum Gasteiger partial charge on any atom is 0.261 e. The first-order valence-corrected chi connectivity index (χ1v) is 15.8. The van der Waals surface area contributed by atoms with Crippen LogP contribution >= 0.6 is 11.3 Å². The second-order valence-electron chi connectivity index (χ2n) is 12.2. The second kappa shape index (κ2) is 9.29. The Hall–Kier alpha value is -4.42. The minimum absolute atomic E-state index is 0.0460. The number of nitrogens with zero attached hydrogens (tertiary/aromatic N) is 3. The Kier molecular flexibility index (Phi) is 5.42. The summed E-state index contributed by atoms with van der Waals surface area (Å²) in [5.74, 6) is -0.0679. The molecule has 43 heavy (non-hydrogen) atoms. The molecule has 3 aliphatic rings. The van der Waals surface area contributed by atoms with Gasteiger partial charge in [-0.2, -0.15) is 5.26 Å². The minimum atomic E-state index is -0.321. The molecule has 6 aromatic rings. The number of hydrogen-bond acceptors (Lipinski definition) is 5. The van der Waals surface area contributed by atoms with E-state index >= 15 is 0 Å². The van der Waals surface area contributed by atoms with E-state index in [1.807, 2.05) is 24.3 Å². The highest BCUT2D eigenvalue weighted by atomic mass is 32.1. The average molecular weight is 583 g/mol. The number of rotatable bonds is 3. The monoisotopic (exact) mass is 582 g/mol. The normalized spacial score (nSPS) is 24.9. The van der Waals surface area contributed by atoms with E-state index in [1.54, 1.807) is 0 Å². The number of hydrogen-bond donors (Lipinski definition) is 3. The summed E-state index contributed by atoms with van der Waals surface area (Å²) in [6.07, 6.45) is 1.64. The number of benzene rings is 3. The number of amides is 1. The average Bonchev–Trinajstić information content (AvgIpc) is 3.73. The molecule has 1 fully saturated rings. The van der Waals surface area contributed by atoms with Crippen LogP contribution in [0.15, 0.2) is 78.9 Å². The van der Waals surface area contributed by atoms with E-state index < -0.39 is 0 Å². The third kappa shape index (κ3) is 3.56. The van der Waals surface area contributed by atoms with Crippen molar-refractivity contribution in [2.45, 2.75) is 43.1 Å². The van der Waals surface area contributed by atoms with Gasteiger partial charge in [-0.15, -0.1) is 11.3 Å². The second-order valence-corrected chi connectivity index (χ2v) is 13.3. The number of thiophene rings is 1. The van der Waals surface area contributed by atoms with Gasteiger partial charge in [-0.3, -0.25) is 14.6 Å². The zero-order valence-corrected chi connectivity index (χ0v) is 24.5. The number of piperazine rings is 1. The van der Waals surface area contributed by atoms with Gasteiger partial charge >= 0.3 is 0 Å². The van der Waals surface area contributed by atoms with Crippen molar-refractivity contribution in [3.63, 3.8) is 0 Å². The summed E-state index contributed by atoms with van der Waals surface area (Å²) in [5, 5.41) is 17.7. The molecule has 1 saturated heterocycles. The Bertz CT molecular complexity index is 2080. The van der Waals surface area contributed by atoms with Gasteiger partial charge < -0.3 is 15.3 Å². The Morgan fingerprint density at radius 3 is 2.33 bits per heavy atom. The molecule has 3 N–H and O–H groups in total. The molecule has 0 saturated carbocycles. The molecule has 2 bridgehead atoms. The Labute approximate surface area is 252 Å². The van der Waals surface area contributed by atoms with E-state index in [2.05, 4.69) is 92.8 Å². The van der Waals surface area contributed by atoms with E-state index in [4.69, 9.17) is 0 Å². The van der Waals surface area contributed by atoms with E-state index in [9.17, 15) is 10.1 Å². The molecule has 3 aromatic carbocycles. The van der Waals surface area contributed by atoms with E-state index in [1.165, 1.54) is 38.9 Å². The van der Waals surface area contributed by atoms with Gasteiger partial charge in [-0.05, 0) is 60.7 Å². The van der Waals surface area contributed by atoms with Gasteiger partial charge in [0.2, 0.25) is 0 Å². The minimum Gasteiger partial charge on any atom is -0.357 e. The van der Waals surface area contributed by atoms with Crippen LogP contribution in [0, 0.1) is 11.3 Å². The summed E-state index contributed by atoms with van der Waals surface area (Å²) in [6.45, 7) is 0.421. The highest BCUT2D eigenvalue weighted by molar-refractivity contribution is 7.20. The number of nitriles is 1. The van der Waals surface area contributed by atoms with Crippen LogP contribution in [0.25, 0.3) is 31.9 Å². The van der Waals surface area contributed by atoms with Crippen molar-refractivity contribution in [3.8, 4) is 6.07 Å². The first-order valence-electron chi connectivity index (χ1n) is 15.0. The number of likely N-dealkylation sites (N-methyl/N-ethyl adjacent to an activating group) is 1. The van der Waals surface area contributed by atoms with Crippen LogP contribution in [-0.2, 0) is 12.8 Å². The summed E-state index contributed by atoms with van der Waals surface area (Å²) in [5.41, 5.74) is 7.29. The van der Waals surface area contributed by atoms with Crippen LogP contribution in [0.3, 0.4) is 0 Å². The molecule has 0 radical (unpaired) electrons. The van der Waals surface area contributed by atoms with Crippen LogP contribution in [0.2, 0.25) is 0 Å². The molecule has 6 heterocycles. The van der Waals surface area contributed by atoms with Crippen LogP contribution in [0.1, 0.15) is 44.3 Å². The van der Waals surface area contributed by atoms with Gasteiger partial charge in [0.15, 0.2) is 0 Å². The molecule has 212 valence electrons. The Morgan fingerprint density at radius 1 is 0.930 bits per heavy atom. The molecule has 5 atom stereocenters. The number of para-hydroxylation sites is 2. The van der Waals surface area contributed by atoms with Crippen molar-refractivity contribution in [2.24, 2.45) is 0 Å². The van der Waals surface area contributed by atoms with Crippen molar-refractivity contribution in [1.29, 1.82) is 5.26 Å². The maximum absolute atomic E-state index is 13.6. The quantitative estimate of drug-likeness (QED) is 0.236. The predicted octanol–water partition coefficient (Wildman–Crippen LogP) is 6.07. The van der Waals surface area contributed by atoms with Crippen LogP contribution in [-0.4, -0.2) is 57.4 Å². The number of carbonyl (C=O) groups excluding carboxylic acids is 1. The first kappa shape index (κ1) is 25.1. The summed E-state index contributed by atoms with van der Waals surface area (Å²) in [6, 6.07) is 29.6. The maximum atomic E-state index is 13.6. The first-order chi connectivity index (χ1) is 21.1. The fraction of sp³-hybridized carbons (Fsp3) is 0.257. The lowest BCUT2D eigenvalue weighted by Crippen LogP contribution is -2.68. The SMILES string of the molecule is CN1[C@@H]2c3[nH]c4ccccc4c3C[C@H]1[C@H](C#N)N1[C@@H](CNC(=O)c3cc4ccccc4s3)c3[nH]c4ccccc4c3C[C@@H]21. The molecule has 0 unspecified atom stereocenters. The van der Waals surface area contributed by atoms with E-state index in [-0.39, 0.29) is 36.1 Å². The van der Waals surface area contributed by atoms with Gasteiger partial charge in [-0.25, -0.2) is 0 Å². The highest BCUT2D eigenvalue weighted by Gasteiger charge is 2.55. The number of carbonyl (C=O) groups is 1. The number of aromatic amines is 2. The zero-order chi connectivity index (χ0) is 28.8.